The Hall–Kier alpha value is -2.31. The van der Waals surface area contributed by atoms with E-state index in [9.17, 15) is 0 Å². The molecule has 1 N–H and O–H groups in total. The van der Waals surface area contributed by atoms with Crippen LogP contribution in [0.2, 0.25) is 0 Å². The van der Waals surface area contributed by atoms with Crippen molar-refractivity contribution < 1.29 is 9.31 Å². The van der Waals surface area contributed by atoms with E-state index in [0.717, 1.165) is 32.0 Å². The van der Waals surface area contributed by atoms with Crippen LogP contribution < -0.4 is 14.7 Å². The summed E-state index contributed by atoms with van der Waals surface area (Å²) in [6.45, 7) is 3.41. The zero-order valence-corrected chi connectivity index (χ0v) is 9.86. The van der Waals surface area contributed by atoms with Gasteiger partial charge in [-0.3, -0.25) is 0 Å². The van der Waals surface area contributed by atoms with Gasteiger partial charge in [-0.25, -0.2) is 4.98 Å². The van der Waals surface area contributed by atoms with E-state index >= 15 is 0 Å². The van der Waals surface area contributed by atoms with Crippen molar-refractivity contribution >= 4 is 11.7 Å². The summed E-state index contributed by atoms with van der Waals surface area (Å²) >= 11 is 0. The van der Waals surface area contributed by atoms with Crippen LogP contribution in [0.5, 0.6) is 0 Å². The second-order valence-electron chi connectivity index (χ2n) is 4.12. The Kier molecular flexibility index (Phi) is 2.71. The molecule has 0 aliphatic carbocycles. The molecule has 0 atom stereocenters. The first-order chi connectivity index (χ1) is 8.83. The molecule has 94 valence electrons. The molecule has 1 aliphatic rings. The number of hydrogen-bond acceptors (Lipinski definition) is 5. The van der Waals surface area contributed by atoms with Gasteiger partial charge in [-0.05, 0) is 12.1 Å². The van der Waals surface area contributed by atoms with Crippen molar-refractivity contribution in [2.45, 2.75) is 0 Å². The fourth-order valence-electron chi connectivity index (χ4n) is 2.04. The minimum absolute atomic E-state index is 0.0714. The Labute approximate surface area is 104 Å². The maximum atomic E-state index is 7.31. The number of piperazine rings is 1. The molecule has 7 nitrogen and oxygen atoms in total. The molecule has 0 aromatic carbocycles. The molecule has 0 spiro atoms. The van der Waals surface area contributed by atoms with Crippen molar-refractivity contribution in [3.63, 3.8) is 0 Å². The second-order valence-corrected chi connectivity index (χ2v) is 4.12. The molecular weight excluding hydrogens is 232 g/mol. The smallest absolute Gasteiger partial charge is 0.256 e. The minimum atomic E-state index is 0.0714. The van der Waals surface area contributed by atoms with E-state index in [1.165, 1.54) is 0 Å². The summed E-state index contributed by atoms with van der Waals surface area (Å²) in [6.07, 6.45) is 3.37. The lowest BCUT2D eigenvalue weighted by atomic mass is 10.3. The zero-order valence-electron chi connectivity index (χ0n) is 9.86. The molecule has 0 bridgehead atoms. The molecular formula is C11H14N6O. The summed E-state index contributed by atoms with van der Waals surface area (Å²) in [5.74, 6) is 1.07. The van der Waals surface area contributed by atoms with E-state index in [1.54, 1.807) is 17.2 Å². The number of anilines is 1. The highest BCUT2D eigenvalue weighted by atomic mass is 16.5. The fraction of sp³-hybridized carbons (Fsp3) is 0.364. The summed E-state index contributed by atoms with van der Waals surface area (Å²) < 4.78 is 4.74. The van der Waals surface area contributed by atoms with Gasteiger partial charge in [0.1, 0.15) is 11.7 Å². The van der Waals surface area contributed by atoms with Gasteiger partial charge in [0.05, 0.1) is 17.9 Å². The summed E-state index contributed by atoms with van der Waals surface area (Å²) in [5.41, 5.74) is 7.31. The van der Waals surface area contributed by atoms with E-state index in [0.29, 0.717) is 0 Å². The summed E-state index contributed by atoms with van der Waals surface area (Å²) in [6, 6.07) is 5.93. The highest BCUT2D eigenvalue weighted by Gasteiger charge is 2.24. The Balaban J connectivity index is 1.65. The molecule has 2 aromatic rings. The molecule has 3 rings (SSSR count). The fourth-order valence-corrected chi connectivity index (χ4v) is 2.04. The number of aromatic nitrogens is 3. The van der Waals surface area contributed by atoms with Crippen molar-refractivity contribution in [2.24, 2.45) is 0 Å². The predicted molar refractivity (Wildman–Crippen MR) is 65.1 cm³/mol. The molecule has 1 aliphatic heterocycles. The van der Waals surface area contributed by atoms with Crippen LogP contribution >= 0.6 is 0 Å². The molecule has 2 aromatic heterocycles. The van der Waals surface area contributed by atoms with Crippen molar-refractivity contribution in [3.8, 4) is 0 Å². The average molecular weight is 246 g/mol. The van der Waals surface area contributed by atoms with Crippen LogP contribution in [0.25, 0.3) is 5.73 Å². The van der Waals surface area contributed by atoms with E-state index in [1.807, 2.05) is 23.2 Å². The predicted octanol–water partition coefficient (Wildman–Crippen LogP) is 0.499. The van der Waals surface area contributed by atoms with Gasteiger partial charge in [0.25, 0.3) is 6.20 Å². The molecule has 18 heavy (non-hydrogen) atoms. The summed E-state index contributed by atoms with van der Waals surface area (Å²) in [7, 11) is 0. The van der Waals surface area contributed by atoms with Gasteiger partial charge in [-0.2, -0.15) is 0 Å². The molecule has 0 unspecified atom stereocenters. The Morgan fingerprint density at radius 2 is 2.06 bits per heavy atom. The third-order valence-electron chi connectivity index (χ3n) is 2.97. The van der Waals surface area contributed by atoms with Gasteiger partial charge >= 0.3 is 0 Å². The largest absolute Gasteiger partial charge is 0.660 e. The number of nitrogens with zero attached hydrogens (tertiary/aromatic N) is 5. The van der Waals surface area contributed by atoms with E-state index in [2.05, 4.69) is 15.2 Å². The van der Waals surface area contributed by atoms with Crippen LogP contribution in [-0.4, -0.2) is 36.4 Å². The van der Waals surface area contributed by atoms with Gasteiger partial charge in [0, 0.05) is 19.3 Å². The van der Waals surface area contributed by atoms with Crippen molar-refractivity contribution in [3.05, 3.63) is 36.3 Å². The third-order valence-corrected chi connectivity index (χ3v) is 2.97. The van der Waals surface area contributed by atoms with Gasteiger partial charge < -0.3 is 15.2 Å². The lowest BCUT2D eigenvalue weighted by Crippen LogP contribution is -2.65. The monoisotopic (exact) mass is 246 g/mol. The topological polar surface area (TPSA) is 73.1 Å². The lowest BCUT2D eigenvalue weighted by Gasteiger charge is -2.30. The van der Waals surface area contributed by atoms with Crippen LogP contribution in [0.3, 0.4) is 0 Å². The van der Waals surface area contributed by atoms with Gasteiger partial charge in [-0.1, -0.05) is 6.07 Å². The molecule has 0 radical (unpaired) electrons. The molecule has 1 fully saturated rings. The standard InChI is InChI=1S/C11H14N6O/c12-10-9-17(14-18-10)16-7-5-15(6-8-16)11-3-1-2-4-13-11/h1-4,9,12H,5-8H2. The molecule has 3 heterocycles. The van der Waals surface area contributed by atoms with Gasteiger partial charge in [0.2, 0.25) is 5.27 Å². The highest BCUT2D eigenvalue weighted by molar-refractivity contribution is 5.38. The van der Waals surface area contributed by atoms with Crippen LogP contribution in [0, 0.1) is 0 Å². The first kappa shape index (κ1) is 10.8. The maximum Gasteiger partial charge on any atom is 0.256 e. The summed E-state index contributed by atoms with van der Waals surface area (Å²) in [5, 5.41) is 5.83. The average Bonchev–Trinajstić information content (AvgIpc) is 2.87. The minimum Gasteiger partial charge on any atom is -0.660 e. The van der Waals surface area contributed by atoms with E-state index in [-0.39, 0.29) is 5.88 Å². The van der Waals surface area contributed by atoms with E-state index in [4.69, 9.17) is 10.3 Å². The molecule has 0 saturated carbocycles. The summed E-state index contributed by atoms with van der Waals surface area (Å²) in [4.78, 5) is 8.17. The normalized spacial score (nSPS) is 16.0. The van der Waals surface area contributed by atoms with Crippen LogP contribution in [0.15, 0.2) is 35.1 Å². The van der Waals surface area contributed by atoms with Crippen molar-refractivity contribution in [1.29, 1.82) is 0 Å². The van der Waals surface area contributed by atoms with Gasteiger partial charge in [0.15, 0.2) is 0 Å². The maximum absolute atomic E-state index is 7.31. The zero-order chi connectivity index (χ0) is 12.4. The lowest BCUT2D eigenvalue weighted by molar-refractivity contribution is -0.758. The van der Waals surface area contributed by atoms with Crippen molar-refractivity contribution in [1.82, 2.24) is 10.3 Å². The molecule has 7 heteroatoms. The molecule has 1 saturated heterocycles. The number of rotatable bonds is 2. The first-order valence-electron chi connectivity index (χ1n) is 5.84. The van der Waals surface area contributed by atoms with Crippen molar-refractivity contribution in [2.75, 3.05) is 36.1 Å². The van der Waals surface area contributed by atoms with Gasteiger partial charge in [-0.15, -0.1) is 5.01 Å². The first-order valence-corrected chi connectivity index (χ1v) is 5.84. The van der Waals surface area contributed by atoms with Crippen LogP contribution in [-0.2, 0) is 0 Å². The second kappa shape index (κ2) is 4.52. The van der Waals surface area contributed by atoms with Crippen LogP contribution in [0.1, 0.15) is 0 Å². The van der Waals surface area contributed by atoms with E-state index < -0.39 is 0 Å². The SMILES string of the molecule is [NH-]c1c[n+](N2CCN(c3ccccn3)CC2)no1. The highest BCUT2D eigenvalue weighted by Crippen LogP contribution is 2.11. The Bertz CT molecular complexity index is 505. The number of nitrogens with one attached hydrogen (secondary N) is 1. The number of pyridine rings is 1. The van der Waals surface area contributed by atoms with Crippen LogP contribution in [0.4, 0.5) is 11.7 Å². The quantitative estimate of drug-likeness (QED) is 0.721. The Morgan fingerprint density at radius 1 is 1.22 bits per heavy atom. The molecule has 0 amide bonds. The Morgan fingerprint density at radius 3 is 2.67 bits per heavy atom. The third kappa shape index (κ3) is 2.06. The number of hydrogen-bond donors (Lipinski definition) is 0.